The van der Waals surface area contributed by atoms with Gasteiger partial charge >= 0.3 is 0 Å². The zero-order valence-corrected chi connectivity index (χ0v) is 24.6. The second-order valence-corrected chi connectivity index (χ2v) is 12.8. The van der Waals surface area contributed by atoms with Gasteiger partial charge in [-0.05, 0) is 54.0 Å². The largest absolute Gasteiger partial charge is 0.359 e. The first kappa shape index (κ1) is 28.0. The van der Waals surface area contributed by atoms with E-state index >= 15 is 0 Å². The van der Waals surface area contributed by atoms with Crippen LogP contribution in [0.15, 0.2) is 60.7 Å². The predicted molar refractivity (Wildman–Crippen MR) is 158 cm³/mol. The molecule has 3 amide bonds. The fraction of sp³-hybridized carbons (Fsp3) is 0.485. The number of carbonyl (C=O) groups excluding carboxylic acids is 3. The zero-order valence-electron chi connectivity index (χ0n) is 23.8. The van der Waals surface area contributed by atoms with E-state index in [2.05, 4.69) is 31.4 Å². The maximum Gasteiger partial charge on any atom is 0.246 e. The Morgan fingerprint density at radius 2 is 1.80 bits per heavy atom. The van der Waals surface area contributed by atoms with E-state index in [-0.39, 0.29) is 30.3 Å². The van der Waals surface area contributed by atoms with Crippen LogP contribution in [-0.4, -0.2) is 46.4 Å². The van der Waals surface area contributed by atoms with Crippen LogP contribution in [0.3, 0.4) is 0 Å². The number of rotatable bonds is 7. The molecule has 2 aromatic rings. The Bertz CT molecular complexity index is 1370. The van der Waals surface area contributed by atoms with Crippen molar-refractivity contribution in [2.24, 2.45) is 17.8 Å². The molecule has 4 aliphatic rings. The highest BCUT2D eigenvalue weighted by molar-refractivity contribution is 6.31. The molecule has 7 nitrogen and oxygen atoms in total. The SMILES string of the molecule is CC(C)c1ccc(NC(=O)[C@@H]2[C@@H]3C=C[C@]4(O3)[C@@H]2C(=O)N(Cc2ccccc2Cl)[C@H]4C(=O)N[C@H]2CCCC[C@@H]2C)cc1. The number of anilines is 1. The van der Waals surface area contributed by atoms with Crippen molar-refractivity contribution in [1.82, 2.24) is 10.2 Å². The van der Waals surface area contributed by atoms with Crippen LogP contribution in [0.5, 0.6) is 0 Å². The molecule has 2 aromatic carbocycles. The van der Waals surface area contributed by atoms with Crippen molar-refractivity contribution in [1.29, 1.82) is 0 Å². The molecule has 2 bridgehead atoms. The third kappa shape index (κ3) is 4.87. The Kier molecular flexibility index (Phi) is 7.45. The van der Waals surface area contributed by atoms with E-state index in [1.807, 2.05) is 54.6 Å². The summed E-state index contributed by atoms with van der Waals surface area (Å²) in [7, 11) is 0. The summed E-state index contributed by atoms with van der Waals surface area (Å²) in [5.41, 5.74) is 1.37. The average Bonchev–Trinajstić information content (AvgIpc) is 3.59. The van der Waals surface area contributed by atoms with Gasteiger partial charge in [0.2, 0.25) is 17.7 Å². The van der Waals surface area contributed by atoms with Crippen LogP contribution in [0.2, 0.25) is 5.02 Å². The molecule has 7 atom stereocenters. The highest BCUT2D eigenvalue weighted by Gasteiger charge is 2.72. The number of carbonyl (C=O) groups is 3. The van der Waals surface area contributed by atoms with E-state index in [1.165, 1.54) is 5.56 Å². The second kappa shape index (κ2) is 10.9. The molecule has 1 spiro atoms. The van der Waals surface area contributed by atoms with Crippen LogP contribution in [0.25, 0.3) is 0 Å². The lowest BCUT2D eigenvalue weighted by molar-refractivity contribution is -0.142. The maximum absolute atomic E-state index is 14.3. The molecule has 2 saturated heterocycles. The summed E-state index contributed by atoms with van der Waals surface area (Å²) in [6, 6.07) is 14.2. The lowest BCUT2D eigenvalue weighted by Gasteiger charge is -2.36. The minimum absolute atomic E-state index is 0.0412. The van der Waals surface area contributed by atoms with Crippen LogP contribution < -0.4 is 10.6 Å². The van der Waals surface area contributed by atoms with Gasteiger partial charge < -0.3 is 20.3 Å². The van der Waals surface area contributed by atoms with Crippen molar-refractivity contribution in [3.63, 3.8) is 0 Å². The topological polar surface area (TPSA) is 87.7 Å². The zero-order chi connectivity index (χ0) is 28.9. The summed E-state index contributed by atoms with van der Waals surface area (Å²) in [4.78, 5) is 43.7. The average molecular weight is 576 g/mol. The maximum atomic E-state index is 14.3. The molecule has 8 heteroatoms. The number of likely N-dealkylation sites (tertiary alicyclic amines) is 1. The van der Waals surface area contributed by atoms with Crippen molar-refractivity contribution in [3.8, 4) is 0 Å². The summed E-state index contributed by atoms with van der Waals surface area (Å²) in [6.07, 6.45) is 7.31. The van der Waals surface area contributed by atoms with E-state index < -0.39 is 29.6 Å². The van der Waals surface area contributed by atoms with E-state index in [0.717, 1.165) is 31.2 Å². The first-order chi connectivity index (χ1) is 19.7. The number of nitrogens with zero attached hydrogens (tertiary/aromatic N) is 1. The Morgan fingerprint density at radius 3 is 2.51 bits per heavy atom. The van der Waals surface area contributed by atoms with Gasteiger partial charge in [0.25, 0.3) is 0 Å². The molecule has 0 aromatic heterocycles. The van der Waals surface area contributed by atoms with Crippen LogP contribution in [0.1, 0.15) is 63.5 Å². The Morgan fingerprint density at radius 1 is 1.07 bits per heavy atom. The second-order valence-electron chi connectivity index (χ2n) is 12.4. The number of ether oxygens (including phenoxy) is 1. The number of fused-ring (bicyclic) bond motifs is 1. The van der Waals surface area contributed by atoms with Gasteiger partial charge in [-0.2, -0.15) is 0 Å². The van der Waals surface area contributed by atoms with Gasteiger partial charge in [-0.3, -0.25) is 14.4 Å². The first-order valence-corrected chi connectivity index (χ1v) is 15.2. The molecular formula is C33H38ClN3O4. The molecular weight excluding hydrogens is 538 g/mol. The standard InChI is InChI=1S/C33H38ClN3O4/c1-19(2)21-12-14-23(15-13-21)35-30(38)27-26-16-17-33(41-26)28(27)32(40)37(18-22-9-5-6-10-24(22)34)29(33)31(39)36-25-11-7-4-8-20(25)3/h5-6,9-10,12-17,19-20,25-29H,4,7-8,11,18H2,1-3H3,(H,35,38)(H,36,39)/t20-,25-,26-,27+,28-,29-,33-/m0/s1. The van der Waals surface area contributed by atoms with E-state index in [1.54, 1.807) is 11.0 Å². The van der Waals surface area contributed by atoms with Crippen molar-refractivity contribution >= 4 is 35.0 Å². The third-order valence-electron chi connectivity index (χ3n) is 9.51. The van der Waals surface area contributed by atoms with E-state index in [0.29, 0.717) is 22.5 Å². The first-order valence-electron chi connectivity index (χ1n) is 14.8. The van der Waals surface area contributed by atoms with E-state index in [4.69, 9.17) is 16.3 Å². The van der Waals surface area contributed by atoms with E-state index in [9.17, 15) is 14.4 Å². The van der Waals surface area contributed by atoms with Gasteiger partial charge in [-0.1, -0.05) is 87.7 Å². The van der Waals surface area contributed by atoms with Crippen molar-refractivity contribution < 1.29 is 19.1 Å². The Labute approximate surface area is 246 Å². The number of hydrogen-bond acceptors (Lipinski definition) is 4. The molecule has 3 heterocycles. The van der Waals surface area contributed by atoms with Crippen molar-refractivity contribution in [2.75, 3.05) is 5.32 Å². The molecule has 2 N–H and O–H groups in total. The predicted octanol–water partition coefficient (Wildman–Crippen LogP) is 5.45. The highest BCUT2D eigenvalue weighted by Crippen LogP contribution is 2.55. The normalized spacial score (nSPS) is 31.9. The molecule has 1 saturated carbocycles. The summed E-state index contributed by atoms with van der Waals surface area (Å²) in [5, 5.41) is 6.80. The molecule has 3 aliphatic heterocycles. The molecule has 6 rings (SSSR count). The molecule has 0 unspecified atom stereocenters. The van der Waals surface area contributed by atoms with Crippen LogP contribution in [0.4, 0.5) is 5.69 Å². The minimum Gasteiger partial charge on any atom is -0.359 e. The Hall–Kier alpha value is -3.16. The summed E-state index contributed by atoms with van der Waals surface area (Å²) in [6.45, 7) is 6.56. The Balaban J connectivity index is 1.31. The monoisotopic (exact) mass is 575 g/mol. The van der Waals surface area contributed by atoms with Gasteiger partial charge in [0.1, 0.15) is 11.6 Å². The molecule has 216 valence electrons. The van der Waals surface area contributed by atoms with Crippen LogP contribution >= 0.6 is 11.6 Å². The lowest BCUT2D eigenvalue weighted by atomic mass is 9.74. The minimum atomic E-state index is -1.21. The lowest BCUT2D eigenvalue weighted by Crippen LogP contribution is -2.57. The van der Waals surface area contributed by atoms with Gasteiger partial charge in [0.05, 0.1) is 17.9 Å². The van der Waals surface area contributed by atoms with Crippen LogP contribution in [-0.2, 0) is 25.7 Å². The van der Waals surface area contributed by atoms with Crippen LogP contribution in [0, 0.1) is 17.8 Å². The van der Waals surface area contributed by atoms with Gasteiger partial charge in [0, 0.05) is 23.3 Å². The highest BCUT2D eigenvalue weighted by atomic mass is 35.5. The number of hydrogen-bond donors (Lipinski definition) is 2. The number of amides is 3. The number of benzene rings is 2. The molecule has 41 heavy (non-hydrogen) atoms. The third-order valence-corrected chi connectivity index (χ3v) is 9.88. The number of nitrogens with one attached hydrogen (secondary N) is 2. The van der Waals surface area contributed by atoms with Crippen molar-refractivity contribution in [2.45, 2.75) is 82.7 Å². The fourth-order valence-corrected chi connectivity index (χ4v) is 7.41. The molecule has 3 fully saturated rings. The van der Waals surface area contributed by atoms with Crippen molar-refractivity contribution in [3.05, 3.63) is 76.8 Å². The fourth-order valence-electron chi connectivity index (χ4n) is 7.22. The quantitative estimate of drug-likeness (QED) is 0.430. The summed E-state index contributed by atoms with van der Waals surface area (Å²) < 4.78 is 6.50. The smallest absolute Gasteiger partial charge is 0.246 e. The van der Waals surface area contributed by atoms with Gasteiger partial charge in [0.15, 0.2) is 0 Å². The summed E-state index contributed by atoms with van der Waals surface area (Å²) >= 11 is 6.50. The van der Waals surface area contributed by atoms with Gasteiger partial charge in [-0.25, -0.2) is 0 Å². The number of halogens is 1. The molecule has 1 aliphatic carbocycles. The summed E-state index contributed by atoms with van der Waals surface area (Å²) in [5.74, 6) is -1.61. The van der Waals surface area contributed by atoms with Gasteiger partial charge in [-0.15, -0.1) is 0 Å². The molecule has 0 radical (unpaired) electrons.